The molecule has 4 heteroatoms. The minimum Gasteiger partial charge on any atom is -0.310 e. The Morgan fingerprint density at radius 2 is 2.26 bits per heavy atom. The van der Waals surface area contributed by atoms with Gasteiger partial charge in [-0.05, 0) is 31.4 Å². The molecule has 0 saturated heterocycles. The van der Waals surface area contributed by atoms with E-state index in [0.29, 0.717) is 11.6 Å². The molecule has 1 aromatic heterocycles. The summed E-state index contributed by atoms with van der Waals surface area (Å²) in [6, 6.07) is 6.09. The maximum atomic E-state index is 14.1. The highest BCUT2D eigenvalue weighted by molar-refractivity contribution is 5.62. The van der Waals surface area contributed by atoms with E-state index in [0.717, 1.165) is 24.2 Å². The van der Waals surface area contributed by atoms with Crippen LogP contribution in [0.2, 0.25) is 0 Å². The van der Waals surface area contributed by atoms with Gasteiger partial charge in [0.2, 0.25) is 0 Å². The van der Waals surface area contributed by atoms with Gasteiger partial charge in [0.05, 0.1) is 6.20 Å². The highest BCUT2D eigenvalue weighted by atomic mass is 19.1. The fourth-order valence-corrected chi connectivity index (χ4v) is 2.13. The summed E-state index contributed by atoms with van der Waals surface area (Å²) in [6.07, 6.45) is 6.08. The Kier molecular flexibility index (Phi) is 3.34. The lowest BCUT2D eigenvalue weighted by atomic mass is 10.1. The molecule has 19 heavy (non-hydrogen) atoms. The van der Waals surface area contributed by atoms with Gasteiger partial charge < -0.3 is 5.32 Å². The Morgan fingerprint density at radius 3 is 2.89 bits per heavy atom. The van der Waals surface area contributed by atoms with Crippen molar-refractivity contribution in [3.05, 3.63) is 42.0 Å². The fourth-order valence-electron chi connectivity index (χ4n) is 2.13. The number of aryl methyl sites for hydroxylation is 1. The first-order valence-corrected chi connectivity index (χ1v) is 6.81. The van der Waals surface area contributed by atoms with Gasteiger partial charge in [-0.15, -0.1) is 0 Å². The summed E-state index contributed by atoms with van der Waals surface area (Å²) in [6.45, 7) is 3.56. The molecule has 0 unspecified atom stereocenters. The second-order valence-electron chi connectivity index (χ2n) is 5.05. The Hall–Kier alpha value is -1.68. The van der Waals surface area contributed by atoms with Crippen LogP contribution in [0.3, 0.4) is 0 Å². The van der Waals surface area contributed by atoms with Crippen LogP contribution in [-0.2, 0) is 13.1 Å². The number of nitrogens with one attached hydrogen (secondary N) is 1. The zero-order valence-electron chi connectivity index (χ0n) is 11.1. The van der Waals surface area contributed by atoms with Crippen molar-refractivity contribution in [3.63, 3.8) is 0 Å². The van der Waals surface area contributed by atoms with E-state index in [1.54, 1.807) is 16.9 Å². The van der Waals surface area contributed by atoms with Gasteiger partial charge in [0.15, 0.2) is 0 Å². The fraction of sp³-hybridized carbons (Fsp3) is 0.400. The molecule has 0 radical (unpaired) electrons. The Morgan fingerprint density at radius 1 is 1.42 bits per heavy atom. The maximum Gasteiger partial charge on any atom is 0.131 e. The van der Waals surface area contributed by atoms with Crippen LogP contribution in [0.1, 0.15) is 25.3 Å². The van der Waals surface area contributed by atoms with Crippen LogP contribution in [0, 0.1) is 5.82 Å². The Labute approximate surface area is 112 Å². The number of aromatic nitrogens is 2. The second-order valence-corrected chi connectivity index (χ2v) is 5.05. The van der Waals surface area contributed by atoms with Gasteiger partial charge in [0.25, 0.3) is 0 Å². The van der Waals surface area contributed by atoms with Crippen molar-refractivity contribution in [1.29, 1.82) is 0 Å². The van der Waals surface area contributed by atoms with E-state index < -0.39 is 0 Å². The third-order valence-electron chi connectivity index (χ3n) is 3.47. The highest BCUT2D eigenvalue weighted by Gasteiger charge is 2.20. The quantitative estimate of drug-likeness (QED) is 0.894. The number of rotatable bonds is 5. The van der Waals surface area contributed by atoms with Crippen molar-refractivity contribution < 1.29 is 4.39 Å². The summed E-state index contributed by atoms with van der Waals surface area (Å²) in [5, 5.41) is 7.57. The Balaban J connectivity index is 1.77. The monoisotopic (exact) mass is 259 g/mol. The van der Waals surface area contributed by atoms with E-state index in [4.69, 9.17) is 0 Å². The molecule has 0 spiro atoms. The third kappa shape index (κ3) is 2.84. The SMILES string of the molecule is CCn1cc(-c2ccc(CNC3CC3)cc2F)cn1. The number of hydrogen-bond acceptors (Lipinski definition) is 2. The van der Waals surface area contributed by atoms with E-state index in [2.05, 4.69) is 10.4 Å². The van der Waals surface area contributed by atoms with Crippen molar-refractivity contribution in [2.75, 3.05) is 0 Å². The predicted molar refractivity (Wildman–Crippen MR) is 73.2 cm³/mol. The van der Waals surface area contributed by atoms with E-state index in [9.17, 15) is 4.39 Å². The molecule has 1 saturated carbocycles. The first-order valence-electron chi connectivity index (χ1n) is 6.81. The van der Waals surface area contributed by atoms with Gasteiger partial charge >= 0.3 is 0 Å². The molecule has 3 nitrogen and oxygen atoms in total. The van der Waals surface area contributed by atoms with E-state index >= 15 is 0 Å². The van der Waals surface area contributed by atoms with Crippen molar-refractivity contribution in [1.82, 2.24) is 15.1 Å². The molecule has 0 atom stereocenters. The molecule has 1 heterocycles. The molecule has 3 rings (SSSR count). The van der Waals surface area contributed by atoms with Crippen molar-refractivity contribution in [2.45, 2.75) is 38.9 Å². The smallest absolute Gasteiger partial charge is 0.131 e. The molecule has 0 bridgehead atoms. The molecule has 1 aliphatic carbocycles. The van der Waals surface area contributed by atoms with Gasteiger partial charge in [-0.3, -0.25) is 4.68 Å². The summed E-state index contributed by atoms with van der Waals surface area (Å²) in [4.78, 5) is 0. The first-order chi connectivity index (χ1) is 9.26. The average Bonchev–Trinajstić information content (AvgIpc) is 3.13. The Bertz CT molecular complexity index is 573. The molecule has 1 aliphatic rings. The summed E-state index contributed by atoms with van der Waals surface area (Å²) in [5.41, 5.74) is 2.45. The summed E-state index contributed by atoms with van der Waals surface area (Å²) in [7, 11) is 0. The van der Waals surface area contributed by atoms with E-state index in [1.807, 2.05) is 25.3 Å². The van der Waals surface area contributed by atoms with E-state index in [-0.39, 0.29) is 5.82 Å². The number of halogens is 1. The number of benzene rings is 1. The molecule has 1 fully saturated rings. The van der Waals surface area contributed by atoms with Crippen molar-refractivity contribution >= 4 is 0 Å². The summed E-state index contributed by atoms with van der Waals surface area (Å²) < 4.78 is 15.9. The number of nitrogens with zero attached hydrogens (tertiary/aromatic N) is 2. The highest BCUT2D eigenvalue weighted by Crippen LogP contribution is 2.24. The minimum atomic E-state index is -0.175. The van der Waals surface area contributed by atoms with Crippen LogP contribution in [0.15, 0.2) is 30.6 Å². The van der Waals surface area contributed by atoms with Crippen LogP contribution in [0.5, 0.6) is 0 Å². The zero-order chi connectivity index (χ0) is 13.2. The van der Waals surface area contributed by atoms with Gasteiger partial charge in [-0.25, -0.2) is 4.39 Å². The lowest BCUT2D eigenvalue weighted by Gasteiger charge is -2.06. The lowest BCUT2D eigenvalue weighted by Crippen LogP contribution is -2.15. The van der Waals surface area contributed by atoms with E-state index in [1.165, 1.54) is 12.8 Å². The van der Waals surface area contributed by atoms with Crippen molar-refractivity contribution in [2.24, 2.45) is 0 Å². The second kappa shape index (κ2) is 5.13. The molecule has 2 aromatic rings. The first kappa shape index (κ1) is 12.4. The largest absolute Gasteiger partial charge is 0.310 e. The van der Waals surface area contributed by atoms with Crippen LogP contribution in [0.4, 0.5) is 4.39 Å². The average molecular weight is 259 g/mol. The van der Waals surface area contributed by atoms with Crippen LogP contribution >= 0.6 is 0 Å². The molecule has 1 N–H and O–H groups in total. The molecule has 0 amide bonds. The zero-order valence-corrected chi connectivity index (χ0v) is 11.1. The van der Waals surface area contributed by atoms with Crippen LogP contribution in [0.25, 0.3) is 11.1 Å². The minimum absolute atomic E-state index is 0.175. The molecule has 100 valence electrons. The third-order valence-corrected chi connectivity index (χ3v) is 3.47. The number of hydrogen-bond donors (Lipinski definition) is 1. The van der Waals surface area contributed by atoms with Gasteiger partial charge in [0.1, 0.15) is 5.82 Å². The van der Waals surface area contributed by atoms with Crippen LogP contribution in [-0.4, -0.2) is 15.8 Å². The maximum absolute atomic E-state index is 14.1. The predicted octanol–water partition coefficient (Wildman–Crippen LogP) is 2.96. The topological polar surface area (TPSA) is 29.9 Å². The molecular formula is C15H18FN3. The standard InChI is InChI=1S/C15H18FN3/c1-2-19-10-12(9-18-19)14-6-3-11(7-15(14)16)8-17-13-4-5-13/h3,6-7,9-10,13,17H,2,4-5,8H2,1H3. The lowest BCUT2D eigenvalue weighted by molar-refractivity contribution is 0.622. The van der Waals surface area contributed by atoms with Crippen LogP contribution < -0.4 is 5.32 Å². The van der Waals surface area contributed by atoms with Gasteiger partial charge in [0, 0.05) is 36.5 Å². The summed E-state index contributed by atoms with van der Waals surface area (Å²) >= 11 is 0. The molecule has 1 aromatic carbocycles. The normalized spacial score (nSPS) is 14.8. The summed E-state index contributed by atoms with van der Waals surface area (Å²) in [5.74, 6) is -0.175. The van der Waals surface area contributed by atoms with Gasteiger partial charge in [-0.2, -0.15) is 5.10 Å². The molecule has 0 aliphatic heterocycles. The van der Waals surface area contributed by atoms with Crippen molar-refractivity contribution in [3.8, 4) is 11.1 Å². The molecular weight excluding hydrogens is 241 g/mol. The van der Waals surface area contributed by atoms with Gasteiger partial charge in [-0.1, -0.05) is 12.1 Å².